The summed E-state index contributed by atoms with van der Waals surface area (Å²) < 4.78 is 318. The number of hydrogen-bond acceptors (Lipinski definition) is 39. The highest BCUT2D eigenvalue weighted by atomic mass is 32.3. The van der Waals surface area contributed by atoms with Gasteiger partial charge in [-0.1, -0.05) is 78.8 Å². The summed E-state index contributed by atoms with van der Waals surface area (Å²) in [4.78, 5) is 3.75. The van der Waals surface area contributed by atoms with Gasteiger partial charge in [-0.3, -0.25) is 0 Å². The van der Waals surface area contributed by atoms with Gasteiger partial charge in [0.2, 0.25) is 59.0 Å². The van der Waals surface area contributed by atoms with Crippen molar-refractivity contribution in [1.29, 1.82) is 0 Å². The van der Waals surface area contributed by atoms with E-state index in [0.29, 0.717) is 23.3 Å². The highest BCUT2D eigenvalue weighted by molar-refractivity contribution is 7.96. The lowest BCUT2D eigenvalue weighted by Gasteiger charge is -2.22. The predicted molar refractivity (Wildman–Crippen MR) is 587 cm³/mol. The third-order valence-corrected chi connectivity index (χ3v) is 49.2. The van der Waals surface area contributed by atoms with Crippen molar-refractivity contribution in [3.05, 3.63) is 253 Å². The Balaban J connectivity index is 0.000000218. The van der Waals surface area contributed by atoms with Crippen LogP contribution in [0.4, 0.5) is 0 Å². The van der Waals surface area contributed by atoms with Crippen LogP contribution >= 0.6 is 68.0 Å². The quantitative estimate of drug-likeness (QED) is 0.0228. The van der Waals surface area contributed by atoms with Crippen LogP contribution in [0.1, 0.15) is 144 Å². The molecule has 13 rings (SSSR count). The molecule has 0 radical (unpaired) electrons. The van der Waals surface area contributed by atoms with Crippen molar-refractivity contribution < 1.29 is 115 Å². The molecule has 0 aliphatic carbocycles. The van der Waals surface area contributed by atoms with Crippen LogP contribution < -0.4 is 48.6 Å². The van der Waals surface area contributed by atoms with Gasteiger partial charge in [-0.05, 0) is 270 Å². The Morgan fingerprint density at radius 3 is 0.785 bits per heavy atom. The predicted octanol–water partition coefficient (Wildman–Crippen LogP) is 16.5. The summed E-state index contributed by atoms with van der Waals surface area (Å²) in [6, 6.07) is 52.4. The Labute approximate surface area is 900 Å². The normalized spacial score (nSPS) is 12.8. The third kappa shape index (κ3) is 33.0. The molecule has 0 fully saturated rings. The lowest BCUT2D eigenvalue weighted by atomic mass is 9.87. The van der Waals surface area contributed by atoms with Crippen molar-refractivity contribution in [3.63, 3.8) is 0 Å². The first-order valence-corrected chi connectivity index (χ1v) is 69.5. The Kier molecular flexibility index (Phi) is 41.6. The number of thiophene rings is 6. The molecule has 6 aromatic heterocycles. The molecule has 0 atom stereocenters. The maximum atomic E-state index is 13.1. The first-order chi connectivity index (χ1) is 68.5. The summed E-state index contributed by atoms with van der Waals surface area (Å²) in [5, 5.41) is -0.640. The van der Waals surface area contributed by atoms with E-state index in [1.54, 1.807) is 135 Å². The number of sulfone groups is 12. The van der Waals surface area contributed by atoms with Crippen molar-refractivity contribution >= 4 is 186 Å². The lowest BCUT2D eigenvalue weighted by Crippen LogP contribution is -2.23. The number of nitrogens with two attached hydrogens (primary N) is 6. The maximum Gasteiger partial charge on any atom is 0.216 e. The zero-order valence-corrected chi connectivity index (χ0v) is 99.6. The van der Waals surface area contributed by atoms with Crippen LogP contribution in [0.5, 0.6) is 17.2 Å². The van der Waals surface area contributed by atoms with Gasteiger partial charge in [-0.2, -0.15) is 0 Å². The SMILES string of the molecule is CC(C)(C)Oc1cc(S(C)(=O)=O)cc(S(=O)(=O)c2ccc(CN)s2)c1.CC(C)Oc1cc(S(C)(=O)=O)cc(S(=O)(=O)c2ccc(CN)s2)c1.CC(C)S(=O)(=O)c1cc(C(C)(C)C)cc(S(=O)(=O)c2ccc(CN)s2)c1.CCOc1cc(S(C)(=O)=O)cc(S(=O)(=O)c2ccc(CN)s2)c1.CCS(=O)(=O)c1cc(C(C)(C)C)cc(S(=O)(=O)c2ccc(CN)s2)c1.CS(=O)(=O)c1cc(-c2ccccc2)cc(S(=O)(=O)c2ccc(CN)s2)c1. The second-order valence-corrected chi connectivity index (χ2v) is 69.7. The maximum absolute atomic E-state index is 13.1. The van der Waals surface area contributed by atoms with E-state index < -0.39 is 134 Å². The average molecular weight is 2390 g/mol. The Morgan fingerprint density at radius 2 is 0.517 bits per heavy atom. The molecule has 7 aromatic carbocycles. The monoisotopic (exact) mass is 2390 g/mol. The molecule has 6 heterocycles. The van der Waals surface area contributed by atoms with E-state index in [0.717, 1.165) is 146 Å². The molecule has 149 heavy (non-hydrogen) atoms. The summed E-state index contributed by atoms with van der Waals surface area (Å²) in [5.74, 6) is 0.493. The summed E-state index contributed by atoms with van der Waals surface area (Å²) in [5.41, 5.74) is 34.5. The summed E-state index contributed by atoms with van der Waals surface area (Å²) in [6.07, 6.45) is 3.91. The highest BCUT2D eigenvalue weighted by Crippen LogP contribution is 2.42. The zero-order valence-electron chi connectivity index (χ0n) is 84.9. The second-order valence-electron chi connectivity index (χ2n) is 36.8. The topological polar surface area (TPSA) is 593 Å². The molecule has 0 unspecified atom stereocenters. The molecule has 13 aromatic rings. The van der Waals surface area contributed by atoms with Crippen LogP contribution in [-0.2, 0) is 168 Å². The number of hydrogen-bond donors (Lipinski definition) is 6. The minimum atomic E-state index is -3.87. The number of ether oxygens (including phenoxy) is 3. The lowest BCUT2D eigenvalue weighted by molar-refractivity contribution is 0.130. The van der Waals surface area contributed by atoms with E-state index >= 15 is 0 Å². The van der Waals surface area contributed by atoms with E-state index in [-0.39, 0.29) is 158 Å². The largest absolute Gasteiger partial charge is 0.494 e. The molecule has 0 aliphatic heterocycles. The molecular weight excluding hydrogens is 2270 g/mol. The van der Waals surface area contributed by atoms with Crippen LogP contribution in [-0.4, -0.2) is 155 Å². The molecule has 33 nitrogen and oxygen atoms in total. The van der Waals surface area contributed by atoms with Crippen molar-refractivity contribution in [2.24, 2.45) is 34.4 Å². The summed E-state index contributed by atoms with van der Waals surface area (Å²) >= 11 is 6.49. The van der Waals surface area contributed by atoms with Crippen LogP contribution in [0.25, 0.3) is 11.1 Å². The van der Waals surface area contributed by atoms with E-state index in [4.69, 9.17) is 48.6 Å². The number of benzene rings is 7. The molecule has 12 N–H and O–H groups in total. The molecule has 814 valence electrons. The fourth-order valence-corrected chi connectivity index (χ4v) is 34.4. The van der Waals surface area contributed by atoms with Crippen molar-refractivity contribution in [3.8, 4) is 28.4 Å². The van der Waals surface area contributed by atoms with Gasteiger partial charge in [0.1, 0.15) is 48.1 Å². The summed E-state index contributed by atoms with van der Waals surface area (Å²) in [7, 11) is -44.5. The standard InChI is InChI=1S/C18H17NO4S3.C18H25NO4S3.C17H23NO4S3.C16H21NO5S3.C15H19NO5S3.C14H17NO5S3/c1-25(20,21)16-9-14(13-5-3-2-4-6-13)10-17(11-16)26(22,23)18-8-7-15(12-19)24-18;1-12(2)25(20,21)15-8-13(18(3,4)5)9-16(10-15)26(22,23)17-7-6-14(11-19)24-17;1-5-24(19,20)14-8-12(17(2,3)4)9-15(10-14)25(21,22)16-7-6-13(11-18)23-16;1-16(2,3)22-11-7-13(24(4,18)19)9-14(8-11)25(20,21)15-6-5-12(10-17)23-15;1-10(2)21-11-6-13(23(3,17)18)8-14(7-11)24(19,20)15-5-4-12(9-16)22-15;1-3-20-10-6-12(22(2,16)17)8-13(7-10)23(18,19)14-5-4-11(9-15)21-14/h2-11H,12,19H2,1H3;6-10,12H,11,19H2,1-5H3;6-10H,5,11,18H2,1-4H3;5-9H,10,17H2,1-4H3;4-8,10H,9,16H2,1-3H3;4-8H,3,9,15H2,1-2H3. The Hall–Kier alpha value is -8.70. The van der Waals surface area contributed by atoms with E-state index in [2.05, 4.69) is 0 Å². The molecule has 0 saturated carbocycles. The van der Waals surface area contributed by atoms with E-state index in [9.17, 15) is 101 Å². The second kappa shape index (κ2) is 49.4. The minimum Gasteiger partial charge on any atom is -0.494 e. The third-order valence-electron chi connectivity index (χ3n) is 21.0. The number of rotatable bonds is 32. The molecule has 0 spiro atoms. The van der Waals surface area contributed by atoms with Gasteiger partial charge in [-0.25, -0.2) is 101 Å². The van der Waals surface area contributed by atoms with E-state index in [1.807, 2.05) is 59.7 Å². The molecule has 0 bridgehead atoms. The van der Waals surface area contributed by atoms with Crippen LogP contribution in [0, 0.1) is 0 Å². The van der Waals surface area contributed by atoms with Gasteiger partial charge in [-0.15, -0.1) is 68.0 Å². The van der Waals surface area contributed by atoms with Crippen LogP contribution in [0.15, 0.2) is 296 Å². The van der Waals surface area contributed by atoms with Crippen LogP contribution in [0.3, 0.4) is 0 Å². The Bertz CT molecular complexity index is 8550. The van der Waals surface area contributed by atoms with Gasteiger partial charge >= 0.3 is 0 Å². The van der Waals surface area contributed by atoms with E-state index in [1.165, 1.54) is 103 Å². The first-order valence-electron chi connectivity index (χ1n) is 44.9. The highest BCUT2D eigenvalue weighted by Gasteiger charge is 2.34. The smallest absolute Gasteiger partial charge is 0.216 e. The molecule has 0 saturated heterocycles. The fourth-order valence-electron chi connectivity index (χ4n) is 13.0. The molecule has 51 heteroatoms. The van der Waals surface area contributed by atoms with Gasteiger partial charge in [0.15, 0.2) is 59.0 Å². The van der Waals surface area contributed by atoms with Gasteiger partial charge < -0.3 is 48.6 Å². The van der Waals surface area contributed by atoms with Crippen molar-refractivity contribution in [2.45, 2.75) is 255 Å². The van der Waals surface area contributed by atoms with Crippen LogP contribution in [0.2, 0.25) is 0 Å². The minimum absolute atomic E-state index is 0.00243. The fraction of sp³-hybridized carbons (Fsp3) is 0.327. The zero-order chi connectivity index (χ0) is 112. The van der Waals surface area contributed by atoms with Crippen molar-refractivity contribution in [2.75, 3.05) is 37.4 Å². The average Bonchev–Trinajstić information content (AvgIpc) is 1.76. The Morgan fingerprint density at radius 1 is 0.275 bits per heavy atom. The van der Waals surface area contributed by atoms with Gasteiger partial charge in [0.25, 0.3) is 0 Å². The van der Waals surface area contributed by atoms with Gasteiger partial charge in [0, 0.05) is 93.6 Å². The summed E-state index contributed by atoms with van der Waals surface area (Å²) in [6.45, 7) is 28.7. The molecule has 0 aliphatic rings. The van der Waals surface area contributed by atoms with Gasteiger partial charge in [0.05, 0.1) is 82.5 Å². The molecule has 0 amide bonds. The molecular formula is C98H122N6O27S18. The first kappa shape index (κ1) is 125. The van der Waals surface area contributed by atoms with Crippen molar-refractivity contribution in [1.82, 2.24) is 0 Å².